The number of rotatable bonds is 4. The summed E-state index contributed by atoms with van der Waals surface area (Å²) in [5.41, 5.74) is 1.23. The van der Waals surface area contributed by atoms with Crippen LogP contribution in [0.15, 0.2) is 22.7 Å². The third-order valence-corrected chi connectivity index (χ3v) is 3.83. The molecule has 0 aliphatic carbocycles. The molecule has 0 radical (unpaired) electrons. The van der Waals surface area contributed by atoms with E-state index in [1.165, 1.54) is 5.56 Å². The predicted octanol–water partition coefficient (Wildman–Crippen LogP) is 2.73. The second kappa shape index (κ2) is 6.38. The molecule has 4 heteroatoms. The van der Waals surface area contributed by atoms with Crippen LogP contribution in [-0.4, -0.2) is 26.4 Å². The van der Waals surface area contributed by atoms with Crippen LogP contribution in [0.2, 0.25) is 0 Å². The lowest BCUT2D eigenvalue weighted by molar-refractivity contribution is 0.0776. The van der Waals surface area contributed by atoms with E-state index < -0.39 is 0 Å². The van der Waals surface area contributed by atoms with E-state index in [9.17, 15) is 0 Å². The zero-order valence-corrected chi connectivity index (χ0v) is 11.6. The Hall–Kier alpha value is -0.580. The van der Waals surface area contributed by atoms with Crippen molar-refractivity contribution in [1.82, 2.24) is 5.32 Å². The summed E-state index contributed by atoms with van der Waals surface area (Å²) in [4.78, 5) is 0. The first-order valence-corrected chi connectivity index (χ1v) is 6.72. The van der Waals surface area contributed by atoms with Gasteiger partial charge in [-0.2, -0.15) is 0 Å². The lowest BCUT2D eigenvalue weighted by atomic mass is 10.1. The molecule has 1 aromatic carbocycles. The Morgan fingerprint density at radius 1 is 1.41 bits per heavy atom. The molecule has 1 saturated heterocycles. The smallest absolute Gasteiger partial charge is 0.119 e. The maximum Gasteiger partial charge on any atom is 0.119 e. The third-order valence-electron chi connectivity index (χ3n) is 3.06. The van der Waals surface area contributed by atoms with Crippen molar-refractivity contribution < 1.29 is 9.47 Å². The fourth-order valence-electron chi connectivity index (χ4n) is 1.97. The van der Waals surface area contributed by atoms with Crippen LogP contribution < -0.4 is 10.1 Å². The molecule has 1 N–H and O–H groups in total. The summed E-state index contributed by atoms with van der Waals surface area (Å²) in [6.45, 7) is 2.61. The minimum atomic E-state index is 0.571. The molecule has 1 aliphatic heterocycles. The van der Waals surface area contributed by atoms with Gasteiger partial charge in [0.15, 0.2) is 0 Å². The van der Waals surface area contributed by atoms with Gasteiger partial charge in [-0.1, -0.05) is 15.9 Å². The average Bonchev–Trinajstić information content (AvgIpc) is 2.39. The molecule has 0 bridgehead atoms. The first kappa shape index (κ1) is 12.9. The number of benzene rings is 1. The van der Waals surface area contributed by atoms with Crippen LogP contribution in [0.1, 0.15) is 18.4 Å². The van der Waals surface area contributed by atoms with E-state index in [0.29, 0.717) is 6.04 Å². The fraction of sp³-hybridized carbons (Fsp3) is 0.538. The Morgan fingerprint density at radius 3 is 2.88 bits per heavy atom. The molecule has 0 spiro atoms. The molecular weight excluding hydrogens is 282 g/mol. The van der Waals surface area contributed by atoms with Crippen LogP contribution >= 0.6 is 15.9 Å². The van der Waals surface area contributed by atoms with Gasteiger partial charge in [0, 0.05) is 30.3 Å². The zero-order chi connectivity index (χ0) is 12.1. The van der Waals surface area contributed by atoms with Crippen molar-refractivity contribution in [1.29, 1.82) is 0 Å². The topological polar surface area (TPSA) is 30.5 Å². The number of ether oxygens (including phenoxy) is 2. The normalized spacial score (nSPS) is 17.1. The predicted molar refractivity (Wildman–Crippen MR) is 71.4 cm³/mol. The summed E-state index contributed by atoms with van der Waals surface area (Å²) in [7, 11) is 1.69. The van der Waals surface area contributed by atoms with Gasteiger partial charge < -0.3 is 14.8 Å². The van der Waals surface area contributed by atoms with Crippen molar-refractivity contribution in [2.45, 2.75) is 25.4 Å². The third kappa shape index (κ3) is 3.69. The second-order valence-electron chi connectivity index (χ2n) is 4.22. The van der Waals surface area contributed by atoms with Crippen LogP contribution in [0.5, 0.6) is 5.75 Å². The van der Waals surface area contributed by atoms with Crippen LogP contribution in [0, 0.1) is 0 Å². The van der Waals surface area contributed by atoms with Gasteiger partial charge in [-0.25, -0.2) is 0 Å². The lowest BCUT2D eigenvalue weighted by Crippen LogP contribution is -2.34. The van der Waals surface area contributed by atoms with E-state index in [4.69, 9.17) is 9.47 Å². The van der Waals surface area contributed by atoms with Crippen LogP contribution in [0.25, 0.3) is 0 Å². The Labute approximate surface area is 111 Å². The standard InChI is InChI=1S/C13H18BrNO2/c1-16-12-2-3-13(14)10(8-12)9-15-11-4-6-17-7-5-11/h2-3,8,11,15H,4-7,9H2,1H3. The van der Waals surface area contributed by atoms with Crippen LogP contribution in [0.4, 0.5) is 0 Å². The fourth-order valence-corrected chi connectivity index (χ4v) is 2.36. The first-order chi connectivity index (χ1) is 8.29. The largest absolute Gasteiger partial charge is 0.497 e. The molecule has 0 unspecified atom stereocenters. The van der Waals surface area contributed by atoms with Gasteiger partial charge in [-0.05, 0) is 36.6 Å². The number of hydrogen-bond acceptors (Lipinski definition) is 3. The monoisotopic (exact) mass is 299 g/mol. The second-order valence-corrected chi connectivity index (χ2v) is 5.08. The summed E-state index contributed by atoms with van der Waals surface area (Å²) >= 11 is 3.56. The number of nitrogens with one attached hydrogen (secondary N) is 1. The van der Waals surface area contributed by atoms with Gasteiger partial charge in [0.1, 0.15) is 5.75 Å². The summed E-state index contributed by atoms with van der Waals surface area (Å²) in [5, 5.41) is 3.56. The SMILES string of the molecule is COc1ccc(Br)c(CNC2CCOCC2)c1. The Kier molecular flexibility index (Phi) is 4.83. The van der Waals surface area contributed by atoms with Gasteiger partial charge in [0.2, 0.25) is 0 Å². The zero-order valence-electron chi connectivity index (χ0n) is 10.0. The molecule has 0 saturated carbocycles. The van der Waals surface area contributed by atoms with Gasteiger partial charge in [-0.15, -0.1) is 0 Å². The highest BCUT2D eigenvalue weighted by Crippen LogP contribution is 2.22. The minimum Gasteiger partial charge on any atom is -0.497 e. The summed E-state index contributed by atoms with van der Waals surface area (Å²) < 4.78 is 11.7. The summed E-state index contributed by atoms with van der Waals surface area (Å²) in [5.74, 6) is 0.900. The molecule has 1 fully saturated rings. The van der Waals surface area contributed by atoms with E-state index in [0.717, 1.165) is 42.8 Å². The van der Waals surface area contributed by atoms with E-state index in [-0.39, 0.29) is 0 Å². The molecule has 94 valence electrons. The van der Waals surface area contributed by atoms with Gasteiger partial charge in [0.25, 0.3) is 0 Å². The van der Waals surface area contributed by atoms with E-state index in [2.05, 4.69) is 27.3 Å². The van der Waals surface area contributed by atoms with Crippen molar-refractivity contribution in [3.63, 3.8) is 0 Å². The van der Waals surface area contributed by atoms with Crippen LogP contribution in [0.3, 0.4) is 0 Å². The van der Waals surface area contributed by atoms with Crippen molar-refractivity contribution in [2.75, 3.05) is 20.3 Å². The first-order valence-electron chi connectivity index (χ1n) is 5.93. The maximum absolute atomic E-state index is 5.34. The van der Waals surface area contributed by atoms with Gasteiger partial charge in [0.05, 0.1) is 7.11 Å². The van der Waals surface area contributed by atoms with E-state index in [1.54, 1.807) is 7.11 Å². The van der Waals surface area contributed by atoms with Gasteiger partial charge in [-0.3, -0.25) is 0 Å². The summed E-state index contributed by atoms with van der Waals surface area (Å²) in [6, 6.07) is 6.62. The van der Waals surface area contributed by atoms with Crippen molar-refractivity contribution in [3.05, 3.63) is 28.2 Å². The Morgan fingerprint density at radius 2 is 2.18 bits per heavy atom. The van der Waals surface area contributed by atoms with Gasteiger partial charge >= 0.3 is 0 Å². The Bertz CT molecular complexity index is 364. The number of methoxy groups -OCH3 is 1. The molecular formula is C13H18BrNO2. The molecule has 0 aromatic heterocycles. The molecule has 17 heavy (non-hydrogen) atoms. The molecule has 2 rings (SSSR count). The van der Waals surface area contributed by atoms with Crippen LogP contribution in [-0.2, 0) is 11.3 Å². The molecule has 0 amide bonds. The van der Waals surface area contributed by atoms with E-state index >= 15 is 0 Å². The van der Waals surface area contributed by atoms with Crippen molar-refractivity contribution in [3.8, 4) is 5.75 Å². The molecule has 3 nitrogen and oxygen atoms in total. The Balaban J connectivity index is 1.92. The molecule has 1 aliphatic rings. The van der Waals surface area contributed by atoms with E-state index in [1.807, 2.05) is 12.1 Å². The number of hydrogen-bond donors (Lipinski definition) is 1. The summed E-state index contributed by atoms with van der Waals surface area (Å²) in [6.07, 6.45) is 2.20. The highest BCUT2D eigenvalue weighted by atomic mass is 79.9. The average molecular weight is 300 g/mol. The molecule has 1 heterocycles. The quantitative estimate of drug-likeness (QED) is 0.927. The maximum atomic E-state index is 5.34. The number of halogens is 1. The lowest BCUT2D eigenvalue weighted by Gasteiger charge is -2.23. The van der Waals surface area contributed by atoms with Crippen molar-refractivity contribution in [2.24, 2.45) is 0 Å². The molecule has 1 aromatic rings. The minimum absolute atomic E-state index is 0.571. The van der Waals surface area contributed by atoms with Crippen molar-refractivity contribution >= 4 is 15.9 Å². The highest BCUT2D eigenvalue weighted by molar-refractivity contribution is 9.10. The highest BCUT2D eigenvalue weighted by Gasteiger charge is 2.13. The molecule has 0 atom stereocenters.